The van der Waals surface area contributed by atoms with Crippen molar-refractivity contribution in [3.8, 4) is 50.4 Å². The van der Waals surface area contributed by atoms with Crippen LogP contribution < -0.4 is 14.7 Å². The largest absolute Gasteiger partial charge is 0.345 e. The minimum atomic E-state index is 1.10. The maximum Gasteiger partial charge on any atom is 0.0547 e. The molecule has 0 radical (unpaired) electrons. The van der Waals surface area contributed by atoms with Crippen LogP contribution in [0.5, 0.6) is 0 Å². The van der Waals surface area contributed by atoms with E-state index in [0.29, 0.717) is 0 Å². The molecule has 6 nitrogen and oxygen atoms in total. The predicted molar refractivity (Wildman–Crippen MR) is 422 cm³/mol. The lowest BCUT2D eigenvalue weighted by atomic mass is 9.93. The molecule has 0 saturated carbocycles. The number of hydrogen-bond donors (Lipinski definition) is 0. The zero-order valence-electron chi connectivity index (χ0n) is 55.1. The molecule has 0 bridgehead atoms. The zero-order chi connectivity index (χ0) is 65.8. The van der Waals surface area contributed by atoms with Gasteiger partial charge in [-0.3, -0.25) is 0 Å². The standard InChI is InChI=1S/C93H66N6/c1-94(67-29-8-5-9-30-67)70-49-53-89-82(59-70)75-34-14-17-38-86(75)98(89)72-31-20-28-63(55-72)65-43-51-77-80(56-65)73-32-12-11-26-66(73)58-92(77)95(2)68-45-47-69(48-46-68)97-88-40-19-16-36-79(88)93-78(37-22-42-91(93)97)81-57-64(61-23-6-4-7-24-61)44-52-84(81)96(3)71-50-54-90-83(60-71)76-35-15-18-39-87(76)99(90)85-41-21-27-62-25-10-13-33-74(62)85/h4-60H,1-3H3. The summed E-state index contributed by atoms with van der Waals surface area (Å²) in [7, 11) is 6.57. The molecule has 3 aromatic heterocycles. The van der Waals surface area contributed by atoms with E-state index in [1.54, 1.807) is 0 Å². The van der Waals surface area contributed by atoms with Crippen molar-refractivity contribution in [3.05, 3.63) is 346 Å². The molecule has 0 saturated heterocycles. The zero-order valence-corrected chi connectivity index (χ0v) is 55.1. The van der Waals surface area contributed by atoms with Crippen molar-refractivity contribution in [3.63, 3.8) is 0 Å². The summed E-state index contributed by atoms with van der Waals surface area (Å²) < 4.78 is 7.31. The van der Waals surface area contributed by atoms with E-state index in [9.17, 15) is 0 Å². The lowest BCUT2D eigenvalue weighted by Crippen LogP contribution is -2.11. The number of aromatic nitrogens is 3. The summed E-state index contributed by atoms with van der Waals surface area (Å²) in [5.41, 5.74) is 24.2. The lowest BCUT2D eigenvalue weighted by Gasteiger charge is -2.24. The minimum Gasteiger partial charge on any atom is -0.345 e. The molecule has 0 unspecified atom stereocenters. The van der Waals surface area contributed by atoms with Crippen LogP contribution in [-0.2, 0) is 0 Å². The van der Waals surface area contributed by atoms with E-state index in [1.165, 1.54) is 115 Å². The topological polar surface area (TPSA) is 24.5 Å². The number of para-hydroxylation sites is 4. The second kappa shape index (κ2) is 23.2. The number of nitrogens with zero attached hydrogens (tertiary/aromatic N) is 6. The lowest BCUT2D eigenvalue weighted by molar-refractivity contribution is 1.16. The van der Waals surface area contributed by atoms with Gasteiger partial charge in [-0.15, -0.1) is 0 Å². The third kappa shape index (κ3) is 9.40. The third-order valence-corrected chi connectivity index (χ3v) is 20.8. The second-order valence-electron chi connectivity index (χ2n) is 26.2. The van der Waals surface area contributed by atoms with Crippen molar-refractivity contribution in [1.82, 2.24) is 13.7 Å². The quantitative estimate of drug-likeness (QED) is 0.114. The third-order valence-electron chi connectivity index (χ3n) is 20.8. The molecular formula is C93H66N6. The average molecular weight is 1270 g/mol. The first-order valence-electron chi connectivity index (χ1n) is 34.1. The monoisotopic (exact) mass is 1270 g/mol. The highest BCUT2D eigenvalue weighted by Crippen LogP contribution is 2.47. The van der Waals surface area contributed by atoms with Crippen molar-refractivity contribution < 1.29 is 0 Å². The maximum absolute atomic E-state index is 2.45. The van der Waals surface area contributed by atoms with Crippen LogP contribution in [0.1, 0.15) is 0 Å². The van der Waals surface area contributed by atoms with E-state index in [2.05, 4.69) is 395 Å². The molecule has 16 aromatic carbocycles. The molecule has 0 aliphatic heterocycles. The molecule has 19 rings (SSSR count). The van der Waals surface area contributed by atoms with Crippen molar-refractivity contribution in [2.45, 2.75) is 0 Å². The first-order chi connectivity index (χ1) is 48.9. The van der Waals surface area contributed by atoms with E-state index in [-0.39, 0.29) is 0 Å². The van der Waals surface area contributed by atoms with Crippen molar-refractivity contribution in [1.29, 1.82) is 0 Å². The van der Waals surface area contributed by atoms with Gasteiger partial charge in [-0.1, -0.05) is 206 Å². The Kier molecular flexibility index (Phi) is 13.5. The van der Waals surface area contributed by atoms with Crippen LogP contribution in [0.15, 0.2) is 346 Å². The van der Waals surface area contributed by atoms with Crippen LogP contribution in [0.25, 0.3) is 148 Å². The van der Waals surface area contributed by atoms with Gasteiger partial charge in [0.2, 0.25) is 0 Å². The fourth-order valence-electron chi connectivity index (χ4n) is 15.9. The molecule has 3 heterocycles. The fraction of sp³-hybridized carbons (Fsp3) is 0.0323. The molecule has 0 aliphatic rings. The number of rotatable bonds is 12. The van der Waals surface area contributed by atoms with Gasteiger partial charge in [-0.05, 0) is 189 Å². The van der Waals surface area contributed by atoms with Crippen LogP contribution in [0, 0.1) is 0 Å². The molecule has 0 spiro atoms. The molecule has 0 fully saturated rings. The Bertz CT molecular complexity index is 6410. The van der Waals surface area contributed by atoms with E-state index >= 15 is 0 Å². The molecule has 0 N–H and O–H groups in total. The molecule has 0 aliphatic carbocycles. The predicted octanol–water partition coefficient (Wildman–Crippen LogP) is 24.7. The molecule has 19 aromatic rings. The number of fused-ring (bicyclic) bond motifs is 13. The molecular weight excluding hydrogens is 1200 g/mol. The van der Waals surface area contributed by atoms with E-state index in [0.717, 1.165) is 67.7 Å². The van der Waals surface area contributed by atoms with Crippen LogP contribution >= 0.6 is 0 Å². The van der Waals surface area contributed by atoms with Gasteiger partial charge in [0, 0.05) is 115 Å². The summed E-state index contributed by atoms with van der Waals surface area (Å²) in [6.07, 6.45) is 0. The number of hydrogen-bond acceptors (Lipinski definition) is 3. The van der Waals surface area contributed by atoms with E-state index in [1.807, 2.05) is 0 Å². The molecule has 0 amide bonds. The summed E-state index contributed by atoms with van der Waals surface area (Å²) in [6.45, 7) is 0. The van der Waals surface area contributed by atoms with Gasteiger partial charge in [0.25, 0.3) is 0 Å². The Morgan fingerprint density at radius 3 is 1.45 bits per heavy atom. The van der Waals surface area contributed by atoms with Crippen LogP contribution in [-0.4, -0.2) is 34.8 Å². The average Bonchev–Trinajstić information content (AvgIpc) is 1.61. The van der Waals surface area contributed by atoms with Crippen molar-refractivity contribution in [2.24, 2.45) is 0 Å². The summed E-state index contributed by atoms with van der Waals surface area (Å²) in [5, 5.41) is 14.6. The first-order valence-corrected chi connectivity index (χ1v) is 34.1. The normalized spacial score (nSPS) is 11.8. The Labute approximate surface area is 574 Å². The molecule has 6 heteroatoms. The Balaban J connectivity index is 0.682. The second-order valence-corrected chi connectivity index (χ2v) is 26.2. The smallest absolute Gasteiger partial charge is 0.0547 e. The van der Waals surface area contributed by atoms with Gasteiger partial charge in [-0.2, -0.15) is 0 Å². The summed E-state index contributed by atoms with van der Waals surface area (Å²) in [6, 6.07) is 127. The van der Waals surface area contributed by atoms with Gasteiger partial charge in [0.1, 0.15) is 0 Å². The summed E-state index contributed by atoms with van der Waals surface area (Å²) >= 11 is 0. The molecule has 99 heavy (non-hydrogen) atoms. The van der Waals surface area contributed by atoms with Gasteiger partial charge < -0.3 is 28.4 Å². The number of anilines is 6. The van der Waals surface area contributed by atoms with E-state index in [4.69, 9.17) is 0 Å². The van der Waals surface area contributed by atoms with Crippen LogP contribution in [0.2, 0.25) is 0 Å². The highest BCUT2D eigenvalue weighted by molar-refractivity contribution is 6.19. The van der Waals surface area contributed by atoms with Gasteiger partial charge in [0.05, 0.1) is 38.8 Å². The summed E-state index contributed by atoms with van der Waals surface area (Å²) in [5.74, 6) is 0. The first kappa shape index (κ1) is 57.5. The summed E-state index contributed by atoms with van der Waals surface area (Å²) in [4.78, 5) is 6.99. The minimum absolute atomic E-state index is 1.10. The maximum atomic E-state index is 2.45. The van der Waals surface area contributed by atoms with Gasteiger partial charge >= 0.3 is 0 Å². The van der Waals surface area contributed by atoms with Crippen LogP contribution in [0.4, 0.5) is 34.1 Å². The Morgan fingerprint density at radius 2 is 0.707 bits per heavy atom. The van der Waals surface area contributed by atoms with Crippen molar-refractivity contribution in [2.75, 3.05) is 35.8 Å². The number of benzene rings is 16. The van der Waals surface area contributed by atoms with Gasteiger partial charge in [0.15, 0.2) is 0 Å². The molecule has 468 valence electrons. The highest BCUT2D eigenvalue weighted by atomic mass is 15.1. The van der Waals surface area contributed by atoms with Crippen LogP contribution in [0.3, 0.4) is 0 Å². The fourth-order valence-corrected chi connectivity index (χ4v) is 15.9. The highest BCUT2D eigenvalue weighted by Gasteiger charge is 2.24. The van der Waals surface area contributed by atoms with Crippen molar-refractivity contribution >= 4 is 132 Å². The van der Waals surface area contributed by atoms with E-state index < -0.39 is 0 Å². The Hall–Kier alpha value is -12.9. The Morgan fingerprint density at radius 1 is 0.212 bits per heavy atom. The SMILES string of the molecule is CN(c1ccccc1)c1ccc2c(c1)c1ccccc1n2-c1cccc(-c2ccc3c(N(C)c4ccc(-n5c6ccccc6c6c(-c7cc(-c8ccccc8)ccc7N(C)c7ccc8c(c7)c7ccccc7n8-c7cccc8ccccc78)cccc65)cc4)cc4ccccc4c3c2)c1. The molecule has 0 atom stereocenters. The van der Waals surface area contributed by atoms with Gasteiger partial charge in [-0.25, -0.2) is 0 Å².